The van der Waals surface area contributed by atoms with Gasteiger partial charge in [0.1, 0.15) is 12.4 Å². The van der Waals surface area contributed by atoms with Crippen molar-refractivity contribution in [2.75, 3.05) is 45.9 Å². The molecule has 2 aliphatic heterocycles. The van der Waals surface area contributed by atoms with Gasteiger partial charge >= 0.3 is 0 Å². The molecule has 2 aromatic carbocycles. The summed E-state index contributed by atoms with van der Waals surface area (Å²) in [5, 5.41) is 19.3. The smallest absolute Gasteiger partial charge is 0.269 e. The number of hydrazone groups is 1. The summed E-state index contributed by atoms with van der Waals surface area (Å²) in [7, 11) is 0. The van der Waals surface area contributed by atoms with Gasteiger partial charge in [-0.05, 0) is 35.2 Å². The number of thiophene rings is 1. The van der Waals surface area contributed by atoms with Gasteiger partial charge in [0.05, 0.1) is 34.8 Å². The topological polar surface area (TPSA) is 109 Å². The van der Waals surface area contributed by atoms with Gasteiger partial charge in [-0.25, -0.2) is 9.40 Å². The summed E-state index contributed by atoms with van der Waals surface area (Å²) >= 11 is 1.49. The maximum Gasteiger partial charge on any atom is 0.269 e. The highest BCUT2D eigenvalue weighted by Gasteiger charge is 2.35. The van der Waals surface area contributed by atoms with Crippen molar-refractivity contribution < 1.29 is 23.6 Å². The highest BCUT2D eigenvalue weighted by molar-refractivity contribution is 7.12. The molecule has 208 valence electrons. The zero-order valence-corrected chi connectivity index (χ0v) is 22.5. The van der Waals surface area contributed by atoms with E-state index in [0.717, 1.165) is 10.9 Å². The van der Waals surface area contributed by atoms with Gasteiger partial charge in [0, 0.05) is 50.3 Å². The van der Waals surface area contributed by atoms with Crippen molar-refractivity contribution >= 4 is 34.6 Å². The van der Waals surface area contributed by atoms with Crippen molar-refractivity contribution in [1.82, 2.24) is 14.8 Å². The molecule has 0 radical (unpaired) electrons. The number of non-ortho nitro benzene ring substituents is 1. The molecule has 2 aliphatic rings. The van der Waals surface area contributed by atoms with Crippen molar-refractivity contribution in [3.8, 4) is 0 Å². The van der Waals surface area contributed by atoms with Gasteiger partial charge in [-0.1, -0.05) is 24.3 Å². The fourth-order valence-electron chi connectivity index (χ4n) is 4.82. The van der Waals surface area contributed by atoms with Crippen molar-refractivity contribution in [2.24, 2.45) is 5.10 Å². The predicted octanol–water partition coefficient (Wildman–Crippen LogP) is 3.95. The molecule has 0 aliphatic carbocycles. The molecule has 10 nitrogen and oxygen atoms in total. The fraction of sp³-hybridized carbons (Fsp3) is 0.321. The lowest BCUT2D eigenvalue weighted by Crippen LogP contribution is -2.46. The third kappa shape index (κ3) is 6.41. The molecule has 0 N–H and O–H groups in total. The largest absolute Gasteiger partial charge is 0.379 e. The number of hydrogen-bond donors (Lipinski definition) is 0. The Morgan fingerprint density at radius 2 is 1.93 bits per heavy atom. The van der Waals surface area contributed by atoms with Crippen molar-refractivity contribution in [3.63, 3.8) is 0 Å². The van der Waals surface area contributed by atoms with E-state index in [2.05, 4.69) is 10.0 Å². The van der Waals surface area contributed by atoms with E-state index in [0.29, 0.717) is 50.5 Å². The van der Waals surface area contributed by atoms with E-state index in [4.69, 9.17) is 4.74 Å². The van der Waals surface area contributed by atoms with Crippen LogP contribution in [-0.2, 0) is 9.53 Å². The van der Waals surface area contributed by atoms with E-state index in [1.807, 2.05) is 17.5 Å². The molecule has 1 saturated heterocycles. The molecule has 3 heterocycles. The summed E-state index contributed by atoms with van der Waals surface area (Å²) < 4.78 is 19.4. The maximum atomic E-state index is 13.9. The minimum Gasteiger partial charge on any atom is -0.379 e. The van der Waals surface area contributed by atoms with Crippen LogP contribution >= 0.6 is 11.3 Å². The number of hydrogen-bond acceptors (Lipinski definition) is 8. The number of morpholine rings is 1. The molecule has 40 heavy (non-hydrogen) atoms. The number of benzene rings is 2. The first-order chi connectivity index (χ1) is 19.4. The predicted molar refractivity (Wildman–Crippen MR) is 148 cm³/mol. The third-order valence-electron chi connectivity index (χ3n) is 6.91. The number of nitro groups is 1. The highest BCUT2D eigenvalue weighted by Crippen LogP contribution is 2.35. The molecule has 0 saturated carbocycles. The van der Waals surface area contributed by atoms with Gasteiger partial charge in [-0.3, -0.25) is 24.6 Å². The Labute approximate surface area is 234 Å². The van der Waals surface area contributed by atoms with Gasteiger partial charge in [-0.2, -0.15) is 5.10 Å². The van der Waals surface area contributed by atoms with Crippen molar-refractivity contribution in [1.29, 1.82) is 0 Å². The molecular weight excluding hydrogens is 537 g/mol. The molecule has 1 fully saturated rings. The molecule has 0 bridgehead atoms. The minimum absolute atomic E-state index is 0.0807. The lowest BCUT2D eigenvalue weighted by molar-refractivity contribution is -0.385. The molecule has 0 spiro atoms. The highest BCUT2D eigenvalue weighted by atomic mass is 32.1. The van der Waals surface area contributed by atoms with E-state index in [1.54, 1.807) is 12.1 Å². The lowest BCUT2D eigenvalue weighted by atomic mass is 10.0. The summed E-state index contributed by atoms with van der Waals surface area (Å²) in [5.74, 6) is -1.44. The molecule has 0 unspecified atom stereocenters. The van der Waals surface area contributed by atoms with Crippen LogP contribution in [0.5, 0.6) is 0 Å². The molecule has 1 atom stereocenters. The van der Waals surface area contributed by atoms with Crippen LogP contribution in [0.4, 0.5) is 10.1 Å². The fourth-order valence-corrected chi connectivity index (χ4v) is 5.54. The van der Waals surface area contributed by atoms with Crippen LogP contribution in [-0.4, -0.2) is 83.2 Å². The number of nitro benzene ring substituents is 1. The Hall–Kier alpha value is -4.00. The normalized spacial score (nSPS) is 17.5. The second-order valence-electron chi connectivity index (χ2n) is 9.53. The Bertz CT molecular complexity index is 1410. The molecule has 1 aromatic heterocycles. The second-order valence-corrected chi connectivity index (χ2v) is 10.5. The van der Waals surface area contributed by atoms with E-state index in [-0.39, 0.29) is 24.3 Å². The molecule has 2 amide bonds. The first-order valence-electron chi connectivity index (χ1n) is 12.9. The SMILES string of the molecule is O=C(c1cccc(F)c1)N(CCN1CCOCC1)CC(=O)N1N=C(c2cccs2)C[C@@H]1c1cccc([N+](=O)[O-])c1. The number of rotatable bonds is 9. The molecule has 12 heteroatoms. The number of carbonyl (C=O) groups is 2. The van der Waals surface area contributed by atoms with E-state index in [9.17, 15) is 24.1 Å². The number of carbonyl (C=O) groups excluding carboxylic acids is 2. The number of halogens is 1. The van der Waals surface area contributed by atoms with Crippen LogP contribution in [0, 0.1) is 15.9 Å². The van der Waals surface area contributed by atoms with Crippen LogP contribution in [0.3, 0.4) is 0 Å². The lowest BCUT2D eigenvalue weighted by Gasteiger charge is -2.31. The minimum atomic E-state index is -0.574. The average Bonchev–Trinajstić information content (AvgIpc) is 3.66. The number of amides is 2. The van der Waals surface area contributed by atoms with Crippen LogP contribution in [0.25, 0.3) is 0 Å². The summed E-state index contributed by atoms with van der Waals surface area (Å²) in [6.45, 7) is 3.10. The van der Waals surface area contributed by atoms with Gasteiger partial charge in [0.15, 0.2) is 0 Å². The Morgan fingerprint density at radius 1 is 1.12 bits per heavy atom. The van der Waals surface area contributed by atoms with E-state index >= 15 is 0 Å². The van der Waals surface area contributed by atoms with Gasteiger partial charge in [-0.15, -0.1) is 11.3 Å². The standard InChI is InChI=1S/C28H28FN5O5S/c29-22-6-1-5-21(16-22)28(36)32(10-9-31-11-13-39-14-12-31)19-27(35)33-25(18-24(30-33)26-8-3-15-40-26)20-4-2-7-23(17-20)34(37)38/h1-8,15-17,25H,9-14,18-19H2/t25-/m1/s1. The van der Waals surface area contributed by atoms with Crippen LogP contribution in [0.1, 0.15) is 33.3 Å². The Kier molecular flexibility index (Phi) is 8.58. The van der Waals surface area contributed by atoms with Crippen molar-refractivity contribution in [2.45, 2.75) is 12.5 Å². The zero-order valence-electron chi connectivity index (χ0n) is 21.6. The summed E-state index contributed by atoms with van der Waals surface area (Å²) in [6, 6.07) is 14.8. The van der Waals surface area contributed by atoms with Gasteiger partial charge in [0.25, 0.3) is 17.5 Å². The van der Waals surface area contributed by atoms with Crippen LogP contribution < -0.4 is 0 Å². The maximum absolute atomic E-state index is 13.9. The van der Waals surface area contributed by atoms with E-state index < -0.39 is 28.6 Å². The Morgan fingerprint density at radius 3 is 2.65 bits per heavy atom. The summed E-state index contributed by atoms with van der Waals surface area (Å²) in [5.41, 5.74) is 1.34. The average molecular weight is 566 g/mol. The first-order valence-corrected chi connectivity index (χ1v) is 13.8. The second kappa shape index (κ2) is 12.5. The van der Waals surface area contributed by atoms with Crippen LogP contribution in [0.2, 0.25) is 0 Å². The monoisotopic (exact) mass is 565 g/mol. The first kappa shape index (κ1) is 27.6. The molecule has 5 rings (SSSR count). The zero-order chi connectivity index (χ0) is 28.1. The number of ether oxygens (including phenoxy) is 1. The van der Waals surface area contributed by atoms with Gasteiger partial charge in [0.2, 0.25) is 0 Å². The van der Waals surface area contributed by atoms with Gasteiger partial charge < -0.3 is 9.64 Å². The molecule has 3 aromatic rings. The Balaban J connectivity index is 1.42. The molecular formula is C28H28FN5O5S. The van der Waals surface area contributed by atoms with E-state index in [1.165, 1.54) is 51.6 Å². The summed E-state index contributed by atoms with van der Waals surface area (Å²) in [4.78, 5) is 42.7. The third-order valence-corrected chi connectivity index (χ3v) is 7.83. The van der Waals surface area contributed by atoms with Crippen molar-refractivity contribution in [3.05, 3.63) is 98.0 Å². The number of nitrogens with zero attached hydrogens (tertiary/aromatic N) is 5. The van der Waals surface area contributed by atoms with Crippen LogP contribution in [0.15, 0.2) is 71.1 Å². The quantitative estimate of drug-likeness (QED) is 0.287. The summed E-state index contributed by atoms with van der Waals surface area (Å²) in [6.07, 6.45) is 0.374.